The number of carbonyl (C=O) groups excluding carboxylic acids is 2. The number of nitrogens with zero attached hydrogens (tertiary/aromatic N) is 1. The van der Waals surface area contributed by atoms with E-state index in [1.165, 1.54) is 22.3 Å². The van der Waals surface area contributed by atoms with E-state index in [1.54, 1.807) is 32.9 Å². The van der Waals surface area contributed by atoms with Crippen LogP contribution in [0.15, 0.2) is 47.0 Å². The van der Waals surface area contributed by atoms with E-state index in [0.717, 1.165) is 10.4 Å². The van der Waals surface area contributed by atoms with Gasteiger partial charge in [-0.1, -0.05) is 32.9 Å². The summed E-state index contributed by atoms with van der Waals surface area (Å²) in [5, 5.41) is 22.7. The van der Waals surface area contributed by atoms with Crippen LogP contribution in [0.5, 0.6) is 5.75 Å². The molecule has 0 bridgehead atoms. The normalized spacial score (nSPS) is 17.9. The van der Waals surface area contributed by atoms with Gasteiger partial charge < -0.3 is 10.2 Å². The molecular weight excluding hydrogens is 350 g/mol. The van der Waals surface area contributed by atoms with Crippen LogP contribution in [0, 0.1) is 12.3 Å². The number of phenolic OH excluding ortho intramolecular Hbond substituents is 1. The third-order valence-corrected chi connectivity index (χ3v) is 5.26. The maximum atomic E-state index is 13.0. The Kier molecular flexibility index (Phi) is 4.40. The molecule has 3 rings (SSSR count). The van der Waals surface area contributed by atoms with Gasteiger partial charge in [0.2, 0.25) is 0 Å². The second-order valence-corrected chi connectivity index (χ2v) is 8.41. The van der Waals surface area contributed by atoms with Crippen LogP contribution < -0.4 is 4.90 Å². The Balaban J connectivity index is 2.22. The molecule has 5 nitrogen and oxygen atoms in total. The summed E-state index contributed by atoms with van der Waals surface area (Å²) in [6.07, 6.45) is 0. The van der Waals surface area contributed by atoms with Crippen LogP contribution in [-0.4, -0.2) is 21.9 Å². The zero-order valence-electron chi connectivity index (χ0n) is 15.1. The van der Waals surface area contributed by atoms with Crippen LogP contribution in [0.3, 0.4) is 0 Å². The Morgan fingerprint density at radius 3 is 2.46 bits per heavy atom. The number of amides is 1. The minimum Gasteiger partial charge on any atom is -0.506 e. The van der Waals surface area contributed by atoms with Gasteiger partial charge in [0, 0.05) is 10.3 Å². The predicted octanol–water partition coefficient (Wildman–Crippen LogP) is 4.28. The molecule has 0 saturated heterocycles. The van der Waals surface area contributed by atoms with Crippen molar-refractivity contribution < 1.29 is 19.8 Å². The standard InChI is InChI=1S/C20H21NO4S/c1-11-7-8-13(22)12(10-11)21-16(14-6-5-9-26-14)15(17(23)19(21)25)18(24)20(2,3)4/h5-10,16,22-23H,1-4H3. The number of phenols is 1. The fourth-order valence-corrected chi connectivity index (χ4v) is 3.86. The second-order valence-electron chi connectivity index (χ2n) is 7.43. The quantitative estimate of drug-likeness (QED) is 0.844. The van der Waals surface area contributed by atoms with E-state index in [1.807, 2.05) is 24.4 Å². The highest BCUT2D eigenvalue weighted by Crippen LogP contribution is 2.46. The molecule has 0 spiro atoms. The van der Waals surface area contributed by atoms with Crippen molar-refractivity contribution in [3.05, 3.63) is 57.5 Å². The first-order valence-corrected chi connectivity index (χ1v) is 9.15. The lowest BCUT2D eigenvalue weighted by Gasteiger charge is -2.28. The molecule has 1 aliphatic rings. The molecular formula is C20H21NO4S. The SMILES string of the molecule is Cc1ccc(O)c(N2C(=O)C(O)=C(C(=O)C(C)(C)C)C2c2cccs2)c1. The van der Waals surface area contributed by atoms with Crippen LogP contribution in [0.4, 0.5) is 5.69 Å². The van der Waals surface area contributed by atoms with Crippen molar-refractivity contribution in [2.24, 2.45) is 5.41 Å². The number of hydrogen-bond donors (Lipinski definition) is 2. The summed E-state index contributed by atoms with van der Waals surface area (Å²) in [6.45, 7) is 7.09. The van der Waals surface area contributed by atoms with Gasteiger partial charge in [-0.3, -0.25) is 14.5 Å². The van der Waals surface area contributed by atoms with Gasteiger partial charge in [-0.2, -0.15) is 0 Å². The molecule has 2 N–H and O–H groups in total. The zero-order chi connectivity index (χ0) is 19.2. The highest BCUT2D eigenvalue weighted by atomic mass is 32.1. The largest absolute Gasteiger partial charge is 0.506 e. The average molecular weight is 371 g/mol. The maximum Gasteiger partial charge on any atom is 0.294 e. The minimum atomic E-state index is -0.762. The van der Waals surface area contributed by atoms with Gasteiger partial charge in [0.15, 0.2) is 11.5 Å². The third kappa shape index (κ3) is 2.90. The molecule has 1 aromatic carbocycles. The van der Waals surface area contributed by atoms with Crippen molar-refractivity contribution in [2.75, 3.05) is 4.90 Å². The van der Waals surface area contributed by atoms with Crippen molar-refractivity contribution in [1.82, 2.24) is 0 Å². The molecule has 1 aliphatic heterocycles. The molecule has 2 aromatic rings. The molecule has 2 heterocycles. The fraction of sp³-hybridized carbons (Fsp3) is 0.300. The average Bonchev–Trinajstić information content (AvgIpc) is 3.16. The van der Waals surface area contributed by atoms with Crippen molar-refractivity contribution in [3.8, 4) is 5.75 Å². The second kappa shape index (κ2) is 6.29. The van der Waals surface area contributed by atoms with Crippen LogP contribution >= 0.6 is 11.3 Å². The number of aryl methyl sites for hydroxylation is 1. The molecule has 0 aliphatic carbocycles. The molecule has 0 fully saturated rings. The number of aliphatic hydroxyl groups excluding tert-OH is 1. The number of hydrogen-bond acceptors (Lipinski definition) is 5. The lowest BCUT2D eigenvalue weighted by atomic mass is 9.83. The Morgan fingerprint density at radius 2 is 1.88 bits per heavy atom. The summed E-state index contributed by atoms with van der Waals surface area (Å²) < 4.78 is 0. The first-order valence-electron chi connectivity index (χ1n) is 8.27. The number of rotatable bonds is 3. The fourth-order valence-electron chi connectivity index (χ4n) is 3.03. The third-order valence-electron chi connectivity index (χ3n) is 4.34. The maximum absolute atomic E-state index is 13.0. The van der Waals surface area contributed by atoms with E-state index in [2.05, 4.69) is 0 Å². The van der Waals surface area contributed by atoms with E-state index >= 15 is 0 Å². The molecule has 6 heteroatoms. The monoisotopic (exact) mass is 371 g/mol. The van der Waals surface area contributed by atoms with Crippen molar-refractivity contribution in [1.29, 1.82) is 0 Å². The zero-order valence-corrected chi connectivity index (χ0v) is 15.9. The van der Waals surface area contributed by atoms with E-state index < -0.39 is 23.1 Å². The molecule has 1 aromatic heterocycles. The van der Waals surface area contributed by atoms with Gasteiger partial charge >= 0.3 is 0 Å². The summed E-state index contributed by atoms with van der Waals surface area (Å²) in [5.74, 6) is -1.61. The number of benzene rings is 1. The van der Waals surface area contributed by atoms with Gasteiger partial charge in [-0.25, -0.2) is 0 Å². The summed E-state index contributed by atoms with van der Waals surface area (Å²) in [5.41, 5.74) is 0.442. The van der Waals surface area contributed by atoms with E-state index in [4.69, 9.17) is 0 Å². The Hall–Kier alpha value is -2.60. The molecule has 1 unspecified atom stereocenters. The van der Waals surface area contributed by atoms with E-state index in [-0.39, 0.29) is 22.8 Å². The Morgan fingerprint density at radius 1 is 1.19 bits per heavy atom. The predicted molar refractivity (Wildman–Crippen MR) is 102 cm³/mol. The molecule has 1 amide bonds. The van der Waals surface area contributed by atoms with Crippen LogP contribution in [0.2, 0.25) is 0 Å². The highest BCUT2D eigenvalue weighted by Gasteiger charge is 2.47. The highest BCUT2D eigenvalue weighted by molar-refractivity contribution is 7.10. The topological polar surface area (TPSA) is 77.8 Å². The summed E-state index contributed by atoms with van der Waals surface area (Å²) in [6, 6.07) is 7.79. The van der Waals surface area contributed by atoms with Crippen molar-refractivity contribution in [3.63, 3.8) is 0 Å². The van der Waals surface area contributed by atoms with Crippen molar-refractivity contribution in [2.45, 2.75) is 33.7 Å². The lowest BCUT2D eigenvalue weighted by Crippen LogP contribution is -2.32. The van der Waals surface area contributed by atoms with Gasteiger partial charge in [0.1, 0.15) is 11.8 Å². The van der Waals surface area contributed by atoms with Crippen LogP contribution in [0.25, 0.3) is 0 Å². The summed E-state index contributed by atoms with van der Waals surface area (Å²) >= 11 is 1.39. The minimum absolute atomic E-state index is 0.0749. The van der Waals surface area contributed by atoms with Gasteiger partial charge in [0.25, 0.3) is 5.91 Å². The molecule has 1 atom stereocenters. The number of aromatic hydroxyl groups is 1. The van der Waals surface area contributed by atoms with E-state index in [9.17, 15) is 19.8 Å². The summed E-state index contributed by atoms with van der Waals surface area (Å²) in [7, 11) is 0. The number of thiophene rings is 1. The number of carbonyl (C=O) groups is 2. The smallest absolute Gasteiger partial charge is 0.294 e. The number of ketones is 1. The van der Waals surface area contributed by atoms with Gasteiger partial charge in [-0.05, 0) is 36.1 Å². The number of aliphatic hydroxyl groups is 1. The molecule has 0 radical (unpaired) electrons. The number of anilines is 1. The van der Waals surface area contributed by atoms with Crippen molar-refractivity contribution >= 4 is 28.7 Å². The molecule has 0 saturated carbocycles. The van der Waals surface area contributed by atoms with Gasteiger partial charge in [-0.15, -0.1) is 11.3 Å². The lowest BCUT2D eigenvalue weighted by molar-refractivity contribution is -0.123. The molecule has 136 valence electrons. The molecule has 26 heavy (non-hydrogen) atoms. The van der Waals surface area contributed by atoms with Crippen LogP contribution in [-0.2, 0) is 9.59 Å². The Labute approximate surface area is 156 Å². The first-order chi connectivity index (χ1) is 12.1. The van der Waals surface area contributed by atoms with Crippen LogP contribution in [0.1, 0.15) is 37.3 Å². The first kappa shape index (κ1) is 18.2. The summed E-state index contributed by atoms with van der Waals surface area (Å²) in [4.78, 5) is 27.9. The van der Waals surface area contributed by atoms with E-state index in [0.29, 0.717) is 0 Å². The van der Waals surface area contributed by atoms with Gasteiger partial charge in [0.05, 0.1) is 11.3 Å². The Bertz CT molecular complexity index is 906. The number of Topliss-reactive ketones (excluding diaryl/α,β-unsaturated/α-hetero) is 1.